The molecule has 1 unspecified atom stereocenters. The van der Waals surface area contributed by atoms with Gasteiger partial charge in [-0.15, -0.1) is 4.41 Å². The number of hydrogen-bond donors (Lipinski definition) is 1. The lowest BCUT2D eigenvalue weighted by Crippen LogP contribution is -2.39. The zero-order chi connectivity index (χ0) is 24.5. The summed E-state index contributed by atoms with van der Waals surface area (Å²) in [6, 6.07) is 19.7. The number of benzene rings is 3. The Morgan fingerprint density at radius 3 is 2.12 bits per heavy atom. The van der Waals surface area contributed by atoms with Crippen LogP contribution in [0.4, 0.5) is 5.69 Å². The number of aryl methyl sites for hydroxylation is 1. The Kier molecular flexibility index (Phi) is 6.54. The first kappa shape index (κ1) is 23.7. The van der Waals surface area contributed by atoms with E-state index in [4.69, 9.17) is 9.47 Å². The first-order valence-corrected chi connectivity index (χ1v) is 12.3. The molecular formula is C26H29N3O4S. The molecule has 3 aromatic carbocycles. The second-order valence-corrected chi connectivity index (χ2v) is 10.1. The first-order valence-electron chi connectivity index (χ1n) is 10.8. The molecule has 0 aliphatic carbocycles. The van der Waals surface area contributed by atoms with Crippen molar-refractivity contribution >= 4 is 21.4 Å². The van der Waals surface area contributed by atoms with Crippen LogP contribution in [0.2, 0.25) is 0 Å². The van der Waals surface area contributed by atoms with E-state index in [1.807, 2.05) is 68.4 Å². The lowest BCUT2D eigenvalue weighted by Gasteiger charge is -2.25. The van der Waals surface area contributed by atoms with E-state index in [-0.39, 0.29) is 4.90 Å². The van der Waals surface area contributed by atoms with Crippen LogP contribution < -0.4 is 19.8 Å². The number of ether oxygens (including phenoxy) is 2. The predicted octanol–water partition coefficient (Wildman–Crippen LogP) is 4.37. The molecule has 7 nitrogen and oxygen atoms in total. The maximum absolute atomic E-state index is 13.7. The molecule has 0 saturated heterocycles. The van der Waals surface area contributed by atoms with E-state index >= 15 is 0 Å². The second kappa shape index (κ2) is 9.40. The summed E-state index contributed by atoms with van der Waals surface area (Å²) in [7, 11) is 3.24. The molecule has 0 fully saturated rings. The molecule has 1 aliphatic heterocycles. The van der Waals surface area contributed by atoms with E-state index < -0.39 is 16.1 Å². The highest BCUT2D eigenvalue weighted by Crippen LogP contribution is 2.38. The Labute approximate surface area is 201 Å². The van der Waals surface area contributed by atoms with Gasteiger partial charge in [0.05, 0.1) is 30.9 Å². The summed E-state index contributed by atoms with van der Waals surface area (Å²) in [6.07, 6.45) is 1.91. The molecule has 0 bridgehead atoms. The van der Waals surface area contributed by atoms with Gasteiger partial charge in [0.15, 0.2) is 11.5 Å². The van der Waals surface area contributed by atoms with Crippen LogP contribution in [0.1, 0.15) is 22.7 Å². The normalized spacial score (nSPS) is 16.0. The third-order valence-corrected chi connectivity index (χ3v) is 7.54. The number of methoxy groups -OCH3 is 2. The van der Waals surface area contributed by atoms with E-state index in [1.165, 1.54) is 4.41 Å². The quantitative estimate of drug-likeness (QED) is 0.543. The zero-order valence-corrected chi connectivity index (χ0v) is 20.8. The van der Waals surface area contributed by atoms with Gasteiger partial charge in [-0.3, -0.25) is 0 Å². The van der Waals surface area contributed by atoms with Crippen molar-refractivity contribution in [2.45, 2.75) is 17.9 Å². The third kappa shape index (κ3) is 4.47. The zero-order valence-electron chi connectivity index (χ0n) is 19.9. The van der Waals surface area contributed by atoms with E-state index in [2.05, 4.69) is 5.43 Å². The molecule has 0 radical (unpaired) electrons. The summed E-state index contributed by atoms with van der Waals surface area (Å²) in [5, 5.41) is 0. The summed E-state index contributed by atoms with van der Waals surface area (Å²) in [4.78, 5) is 2.23. The molecule has 4 rings (SSSR count). The van der Waals surface area contributed by atoms with Gasteiger partial charge >= 0.3 is 0 Å². The number of sulfonamides is 1. The average Bonchev–Trinajstić information content (AvgIpc) is 3.30. The maximum atomic E-state index is 13.7. The van der Waals surface area contributed by atoms with Crippen molar-refractivity contribution < 1.29 is 17.9 Å². The summed E-state index contributed by atoms with van der Waals surface area (Å²) < 4.78 is 39.5. The Morgan fingerprint density at radius 1 is 0.882 bits per heavy atom. The van der Waals surface area contributed by atoms with Gasteiger partial charge in [0.25, 0.3) is 10.0 Å². The molecule has 3 aromatic rings. The fourth-order valence-corrected chi connectivity index (χ4v) is 5.26. The highest BCUT2D eigenvalue weighted by Gasteiger charge is 2.37. The molecule has 1 heterocycles. The summed E-state index contributed by atoms with van der Waals surface area (Å²) in [5.41, 5.74) is 7.47. The molecule has 0 saturated carbocycles. The molecule has 34 heavy (non-hydrogen) atoms. The van der Waals surface area contributed by atoms with Crippen LogP contribution in [0.5, 0.6) is 11.5 Å². The van der Waals surface area contributed by atoms with Crippen LogP contribution in [0, 0.1) is 6.92 Å². The van der Waals surface area contributed by atoms with Crippen molar-refractivity contribution in [3.05, 3.63) is 89.5 Å². The fourth-order valence-electron chi connectivity index (χ4n) is 3.85. The summed E-state index contributed by atoms with van der Waals surface area (Å²) >= 11 is 0. The van der Waals surface area contributed by atoms with Crippen LogP contribution in [0.3, 0.4) is 0 Å². The van der Waals surface area contributed by atoms with Crippen LogP contribution in [0.25, 0.3) is 5.70 Å². The first-order chi connectivity index (χ1) is 16.2. The second-order valence-electron chi connectivity index (χ2n) is 8.31. The van der Waals surface area contributed by atoms with Crippen molar-refractivity contribution in [2.75, 3.05) is 33.2 Å². The highest BCUT2D eigenvalue weighted by atomic mass is 32.2. The van der Waals surface area contributed by atoms with Gasteiger partial charge in [-0.2, -0.15) is 0 Å². The van der Waals surface area contributed by atoms with Gasteiger partial charge in [-0.05, 0) is 61.0 Å². The number of rotatable bonds is 7. The Balaban J connectivity index is 1.78. The third-order valence-electron chi connectivity index (χ3n) is 5.83. The van der Waals surface area contributed by atoms with Crippen molar-refractivity contribution in [3.8, 4) is 11.5 Å². The molecule has 0 aromatic heterocycles. The Morgan fingerprint density at radius 2 is 1.53 bits per heavy atom. The molecular weight excluding hydrogens is 450 g/mol. The lowest BCUT2D eigenvalue weighted by molar-refractivity contribution is 0.347. The van der Waals surface area contributed by atoms with Crippen molar-refractivity contribution in [1.29, 1.82) is 0 Å². The minimum absolute atomic E-state index is 0.225. The van der Waals surface area contributed by atoms with E-state index in [0.29, 0.717) is 17.2 Å². The maximum Gasteiger partial charge on any atom is 0.260 e. The summed E-state index contributed by atoms with van der Waals surface area (Å²) in [6.45, 7) is 1.93. The van der Waals surface area contributed by atoms with E-state index in [1.54, 1.807) is 44.6 Å². The molecule has 178 valence electrons. The van der Waals surface area contributed by atoms with Gasteiger partial charge < -0.3 is 19.8 Å². The number of nitrogens with zero attached hydrogens (tertiary/aromatic N) is 2. The van der Waals surface area contributed by atoms with Gasteiger partial charge in [-0.25, -0.2) is 8.42 Å². The molecule has 1 aliphatic rings. The topological polar surface area (TPSA) is 71.1 Å². The number of nitrogens with one attached hydrogen (secondary N) is 1. The van der Waals surface area contributed by atoms with Gasteiger partial charge in [-0.1, -0.05) is 29.8 Å². The van der Waals surface area contributed by atoms with Crippen LogP contribution in [0.15, 0.2) is 77.7 Å². The molecule has 0 amide bonds. The van der Waals surface area contributed by atoms with Crippen molar-refractivity contribution in [1.82, 2.24) is 9.84 Å². The van der Waals surface area contributed by atoms with Crippen LogP contribution in [-0.2, 0) is 10.0 Å². The standard InChI is InChI=1S/C26H29N3O4S/c1-18-6-13-22(14-7-18)34(30,31)29-24(19-8-11-21(12-9-19)28(2)3)17-23(27-29)20-10-15-25(32-4)26(16-20)33-5/h6-17,24,27H,1-5H3. The fraction of sp³-hybridized carbons (Fsp3) is 0.231. The Bertz CT molecular complexity index is 1300. The molecule has 8 heteroatoms. The monoisotopic (exact) mass is 479 g/mol. The highest BCUT2D eigenvalue weighted by molar-refractivity contribution is 7.89. The molecule has 1 N–H and O–H groups in total. The number of hydrazine groups is 1. The predicted molar refractivity (Wildman–Crippen MR) is 134 cm³/mol. The Hall–Kier alpha value is -3.49. The average molecular weight is 480 g/mol. The van der Waals surface area contributed by atoms with Crippen LogP contribution >= 0.6 is 0 Å². The van der Waals surface area contributed by atoms with Gasteiger partial charge in [0.1, 0.15) is 0 Å². The largest absolute Gasteiger partial charge is 0.493 e. The molecule has 1 atom stereocenters. The van der Waals surface area contributed by atoms with E-state index in [9.17, 15) is 8.42 Å². The number of hydrogen-bond acceptors (Lipinski definition) is 6. The van der Waals surface area contributed by atoms with Gasteiger partial charge in [0, 0.05) is 25.3 Å². The minimum Gasteiger partial charge on any atom is -0.493 e. The summed E-state index contributed by atoms with van der Waals surface area (Å²) in [5.74, 6) is 1.17. The van der Waals surface area contributed by atoms with Crippen molar-refractivity contribution in [3.63, 3.8) is 0 Å². The minimum atomic E-state index is -3.84. The smallest absolute Gasteiger partial charge is 0.260 e. The van der Waals surface area contributed by atoms with E-state index in [0.717, 1.165) is 22.4 Å². The van der Waals surface area contributed by atoms with Crippen molar-refractivity contribution in [2.24, 2.45) is 0 Å². The van der Waals surface area contributed by atoms with Crippen LogP contribution in [-0.4, -0.2) is 41.1 Å². The SMILES string of the molecule is COc1ccc(C2=CC(c3ccc(N(C)C)cc3)N(S(=O)(=O)c3ccc(C)cc3)N2)cc1OC. The molecule has 0 spiro atoms. The lowest BCUT2D eigenvalue weighted by atomic mass is 10.0. The van der Waals surface area contributed by atoms with Gasteiger partial charge in [0.2, 0.25) is 0 Å². The number of anilines is 1.